The fraction of sp³-hybridized carbons (Fsp3) is 0.700. The van der Waals surface area contributed by atoms with Gasteiger partial charge in [-0.2, -0.15) is 0 Å². The number of rotatable bonds is 7. The van der Waals surface area contributed by atoms with Crippen molar-refractivity contribution < 1.29 is 60.2 Å². The highest BCUT2D eigenvalue weighted by Crippen LogP contribution is 2.37. The van der Waals surface area contributed by atoms with Crippen LogP contribution in [0, 0.1) is 0 Å². The molecule has 182 valence electrons. The number of phenols is 1. The van der Waals surface area contributed by atoms with Crippen molar-refractivity contribution in [2.24, 2.45) is 0 Å². The van der Waals surface area contributed by atoms with Gasteiger partial charge in [-0.1, -0.05) is 6.07 Å². The molecule has 0 spiro atoms. The molecule has 2 saturated heterocycles. The van der Waals surface area contributed by atoms with E-state index < -0.39 is 74.4 Å². The summed E-state index contributed by atoms with van der Waals surface area (Å²) in [5.74, 6) is -0.229. The number of benzene rings is 1. The van der Waals surface area contributed by atoms with Crippen molar-refractivity contribution >= 4 is 0 Å². The summed E-state index contributed by atoms with van der Waals surface area (Å²) in [5, 5.41) is 88.6. The molecule has 0 bridgehead atoms. The van der Waals surface area contributed by atoms with Crippen LogP contribution < -0.4 is 0 Å². The first kappa shape index (κ1) is 25.2. The molecule has 2 aliphatic heterocycles. The molecular weight excluding hydrogens is 432 g/mol. The lowest BCUT2D eigenvalue weighted by molar-refractivity contribution is -0.300. The van der Waals surface area contributed by atoms with Crippen molar-refractivity contribution in [3.63, 3.8) is 0 Å². The summed E-state index contributed by atoms with van der Waals surface area (Å²) in [5.41, 5.74) is 0.742. The van der Waals surface area contributed by atoms with E-state index in [0.717, 1.165) is 0 Å². The predicted molar refractivity (Wildman–Crippen MR) is 104 cm³/mol. The molecule has 0 aliphatic carbocycles. The van der Waals surface area contributed by atoms with E-state index in [0.29, 0.717) is 5.56 Å². The maximum absolute atomic E-state index is 10.3. The van der Waals surface area contributed by atoms with Gasteiger partial charge in [0.2, 0.25) is 0 Å². The monoisotopic (exact) mass is 462 g/mol. The molecule has 2 fully saturated rings. The van der Waals surface area contributed by atoms with Crippen molar-refractivity contribution in [2.45, 2.75) is 67.6 Å². The Balaban J connectivity index is 1.66. The van der Waals surface area contributed by atoms with Crippen molar-refractivity contribution in [3.8, 4) is 5.75 Å². The molecule has 0 aromatic heterocycles. The molecule has 12 heteroatoms. The summed E-state index contributed by atoms with van der Waals surface area (Å²) in [7, 11) is 0. The minimum Gasteiger partial charge on any atom is -0.508 e. The molecule has 0 radical (unpaired) electrons. The number of hydrogen-bond acceptors (Lipinski definition) is 12. The molecular formula is C20H30O12. The Kier molecular flexibility index (Phi) is 8.41. The van der Waals surface area contributed by atoms with Crippen LogP contribution in [0.15, 0.2) is 18.2 Å². The molecule has 2 heterocycles. The van der Waals surface area contributed by atoms with E-state index >= 15 is 0 Å². The molecule has 1 aromatic carbocycles. The number of phenolic OH excluding ortho intramolecular Hbond substituents is 1. The number of hydrogen-bond donors (Lipinski definition) is 9. The Hall–Kier alpha value is -1.42. The molecule has 12 nitrogen and oxygen atoms in total. The van der Waals surface area contributed by atoms with Crippen LogP contribution in [0.5, 0.6) is 5.75 Å². The normalized spacial score (nSPS) is 40.4. The minimum atomic E-state index is -1.59. The number of aliphatic hydroxyl groups excluding tert-OH is 8. The van der Waals surface area contributed by atoms with Crippen LogP contribution in [0.4, 0.5) is 0 Å². The van der Waals surface area contributed by atoms with E-state index in [-0.39, 0.29) is 24.3 Å². The predicted octanol–water partition coefficient (Wildman–Crippen LogP) is -3.73. The van der Waals surface area contributed by atoms with Gasteiger partial charge in [-0.3, -0.25) is 0 Å². The molecule has 0 saturated carbocycles. The lowest BCUT2D eigenvalue weighted by Gasteiger charge is -2.40. The highest BCUT2D eigenvalue weighted by atomic mass is 16.7. The molecule has 10 atom stereocenters. The number of aliphatic hydroxyl groups is 8. The fourth-order valence-corrected chi connectivity index (χ4v) is 3.84. The summed E-state index contributed by atoms with van der Waals surface area (Å²) >= 11 is 0. The largest absolute Gasteiger partial charge is 0.508 e. The second-order valence-electron chi connectivity index (χ2n) is 7.96. The van der Waals surface area contributed by atoms with Crippen LogP contribution in [-0.4, -0.2) is 121 Å². The number of aromatic hydroxyl groups is 1. The van der Waals surface area contributed by atoms with Crippen LogP contribution in [-0.2, 0) is 20.6 Å². The van der Waals surface area contributed by atoms with Gasteiger partial charge in [-0.05, 0) is 24.1 Å². The van der Waals surface area contributed by atoms with Gasteiger partial charge in [0, 0.05) is 5.56 Å². The van der Waals surface area contributed by atoms with Gasteiger partial charge in [0.05, 0.1) is 19.8 Å². The quantitative estimate of drug-likeness (QED) is 0.191. The minimum absolute atomic E-state index is 0.0123. The van der Waals surface area contributed by atoms with Crippen molar-refractivity contribution in [1.29, 1.82) is 0 Å². The van der Waals surface area contributed by atoms with Crippen LogP contribution in [0.1, 0.15) is 17.2 Å². The van der Waals surface area contributed by atoms with Crippen LogP contribution in [0.25, 0.3) is 0 Å². The second-order valence-corrected chi connectivity index (χ2v) is 7.96. The summed E-state index contributed by atoms with van der Waals surface area (Å²) < 4.78 is 16.2. The Morgan fingerprint density at radius 2 is 1.34 bits per heavy atom. The Morgan fingerprint density at radius 1 is 0.750 bits per heavy atom. The zero-order chi connectivity index (χ0) is 23.6. The maximum Gasteiger partial charge on any atom is 0.186 e. The van der Waals surface area contributed by atoms with Crippen molar-refractivity contribution in [2.75, 3.05) is 19.8 Å². The van der Waals surface area contributed by atoms with Gasteiger partial charge in [0.25, 0.3) is 0 Å². The Bertz CT molecular complexity index is 743. The Morgan fingerprint density at radius 3 is 1.97 bits per heavy atom. The third kappa shape index (κ3) is 5.05. The Labute approximate surface area is 183 Å². The molecule has 2 unspecified atom stereocenters. The van der Waals surface area contributed by atoms with E-state index in [2.05, 4.69) is 0 Å². The standard InChI is InChI=1S/C20H30O12/c21-6-11-13(24)15(26)17(28)19(31-11)9-5-8(1-2-10(9)23)3-4-30-20-18(29)16(27)14(25)12(7-22)32-20/h1-2,5,11-29H,3-4,6-7H2/t11-,12-,13-,14-,15-,16+,17-,18-,19?,20?/m1/s1. The molecule has 3 rings (SSSR count). The zero-order valence-electron chi connectivity index (χ0n) is 17.1. The second kappa shape index (κ2) is 10.7. The number of ether oxygens (including phenoxy) is 3. The van der Waals surface area contributed by atoms with Crippen molar-refractivity contribution in [3.05, 3.63) is 29.3 Å². The summed E-state index contributed by atoms with van der Waals surface area (Å²) in [4.78, 5) is 0. The van der Waals surface area contributed by atoms with E-state index in [1.807, 2.05) is 0 Å². The molecule has 9 N–H and O–H groups in total. The summed E-state index contributed by atoms with van der Waals surface area (Å²) in [6.45, 7) is -1.19. The van der Waals surface area contributed by atoms with E-state index in [9.17, 15) is 46.0 Å². The highest BCUT2D eigenvalue weighted by molar-refractivity contribution is 5.39. The molecule has 0 amide bonds. The lowest BCUT2D eigenvalue weighted by atomic mass is 9.90. The van der Waals surface area contributed by atoms with E-state index in [4.69, 9.17) is 14.2 Å². The van der Waals surface area contributed by atoms with Gasteiger partial charge in [0.1, 0.15) is 60.7 Å². The van der Waals surface area contributed by atoms with Crippen LogP contribution >= 0.6 is 0 Å². The third-order valence-corrected chi connectivity index (χ3v) is 5.81. The first-order valence-corrected chi connectivity index (χ1v) is 10.2. The highest BCUT2D eigenvalue weighted by Gasteiger charge is 2.45. The SMILES string of the molecule is OC[C@H]1OC(c2cc(CCOC3O[C@H](CO)[C@@H](O)[C@H](O)[C@H]3O)ccc2O)[C@H](O)[C@H](O)[C@@H]1O. The van der Waals surface area contributed by atoms with Gasteiger partial charge in [0.15, 0.2) is 6.29 Å². The molecule has 32 heavy (non-hydrogen) atoms. The van der Waals surface area contributed by atoms with Crippen LogP contribution in [0.2, 0.25) is 0 Å². The first-order chi connectivity index (χ1) is 15.2. The smallest absolute Gasteiger partial charge is 0.186 e. The molecule has 1 aromatic rings. The topological polar surface area (TPSA) is 210 Å². The average molecular weight is 462 g/mol. The first-order valence-electron chi connectivity index (χ1n) is 10.2. The summed E-state index contributed by atoms with van der Waals surface area (Å²) in [6, 6.07) is 4.41. The summed E-state index contributed by atoms with van der Waals surface area (Å²) in [6.07, 6.45) is -13.7. The van der Waals surface area contributed by atoms with Crippen molar-refractivity contribution in [1.82, 2.24) is 0 Å². The van der Waals surface area contributed by atoms with Gasteiger partial charge >= 0.3 is 0 Å². The fourth-order valence-electron chi connectivity index (χ4n) is 3.84. The van der Waals surface area contributed by atoms with Crippen LogP contribution in [0.3, 0.4) is 0 Å². The maximum atomic E-state index is 10.3. The molecule has 2 aliphatic rings. The third-order valence-electron chi connectivity index (χ3n) is 5.81. The van der Waals surface area contributed by atoms with Gasteiger partial charge < -0.3 is 60.2 Å². The van der Waals surface area contributed by atoms with E-state index in [1.54, 1.807) is 6.07 Å². The van der Waals surface area contributed by atoms with Gasteiger partial charge in [-0.15, -0.1) is 0 Å². The van der Waals surface area contributed by atoms with E-state index in [1.165, 1.54) is 12.1 Å². The van der Waals surface area contributed by atoms with Gasteiger partial charge in [-0.25, -0.2) is 0 Å². The zero-order valence-corrected chi connectivity index (χ0v) is 17.1. The lowest BCUT2D eigenvalue weighted by Crippen LogP contribution is -2.59. The average Bonchev–Trinajstić information content (AvgIpc) is 2.79.